The van der Waals surface area contributed by atoms with Crippen LogP contribution in [-0.4, -0.2) is 37.6 Å². The highest BCUT2D eigenvalue weighted by Crippen LogP contribution is 2.27. The van der Waals surface area contributed by atoms with Crippen LogP contribution in [0.3, 0.4) is 0 Å². The van der Waals surface area contributed by atoms with Crippen LogP contribution in [0.1, 0.15) is 6.42 Å². The average Bonchev–Trinajstić information content (AvgIpc) is 2.83. The van der Waals surface area contributed by atoms with Gasteiger partial charge >= 0.3 is 0 Å². The zero-order chi connectivity index (χ0) is 12.0. The summed E-state index contributed by atoms with van der Waals surface area (Å²) < 4.78 is 0. The van der Waals surface area contributed by atoms with E-state index in [2.05, 4.69) is 32.6 Å². The summed E-state index contributed by atoms with van der Waals surface area (Å²) in [6, 6.07) is 0. The molecule has 1 atom stereocenters. The Hall–Kier alpha value is -1.34. The predicted molar refractivity (Wildman–Crippen MR) is 66.4 cm³/mol. The smallest absolute Gasteiger partial charge is 0.229 e. The third-order valence-corrected chi connectivity index (χ3v) is 3.11. The quantitative estimate of drug-likeness (QED) is 0.599. The van der Waals surface area contributed by atoms with Gasteiger partial charge in [-0.15, -0.1) is 0 Å². The highest BCUT2D eigenvalue weighted by molar-refractivity contribution is 7.81. The molecule has 1 unspecified atom stereocenters. The Morgan fingerprint density at radius 1 is 1.53 bits per heavy atom. The van der Waals surface area contributed by atoms with Gasteiger partial charge in [0.1, 0.15) is 5.52 Å². The van der Waals surface area contributed by atoms with Crippen molar-refractivity contribution in [1.29, 1.82) is 0 Å². The van der Waals surface area contributed by atoms with Gasteiger partial charge in [0.25, 0.3) is 0 Å². The first-order valence-electron chi connectivity index (χ1n) is 5.00. The Labute approximate surface area is 107 Å². The summed E-state index contributed by atoms with van der Waals surface area (Å²) in [6.45, 7) is 0.517. The molecular weight excluding hydrogens is 262 g/mol. The molecule has 0 aliphatic carbocycles. The molecule has 1 saturated heterocycles. The lowest BCUT2D eigenvalue weighted by molar-refractivity contribution is -0.117. The molecule has 0 spiro atoms. The summed E-state index contributed by atoms with van der Waals surface area (Å²) in [4.78, 5) is 28.3. The first-order valence-corrected chi connectivity index (χ1v) is 5.89. The maximum atomic E-state index is 11.8. The van der Waals surface area contributed by atoms with Crippen LogP contribution in [0.2, 0.25) is 5.28 Å². The number of nitrogens with one attached hydrogen (secondary N) is 1. The topological polar surface area (TPSA) is 74.8 Å². The standard InChI is InChI=1S/C9H8ClN5OS/c10-9-13-7-6(11-3-12-7)8(14-9)15-2-4(17)1-5(15)16/h3-4,17H,1-2H2,(H,11,12,13,14). The number of carbonyl (C=O) groups is 1. The zero-order valence-corrected chi connectivity index (χ0v) is 10.2. The van der Waals surface area contributed by atoms with Crippen LogP contribution >= 0.6 is 24.2 Å². The lowest BCUT2D eigenvalue weighted by Gasteiger charge is -2.15. The number of aromatic nitrogens is 4. The van der Waals surface area contributed by atoms with E-state index in [-0.39, 0.29) is 16.4 Å². The van der Waals surface area contributed by atoms with Crippen molar-refractivity contribution in [2.75, 3.05) is 11.4 Å². The largest absolute Gasteiger partial charge is 0.340 e. The van der Waals surface area contributed by atoms with Crippen LogP contribution in [0, 0.1) is 0 Å². The Kier molecular flexibility index (Phi) is 2.44. The van der Waals surface area contributed by atoms with Crippen molar-refractivity contribution >= 4 is 47.1 Å². The van der Waals surface area contributed by atoms with Gasteiger partial charge in [0.15, 0.2) is 11.5 Å². The van der Waals surface area contributed by atoms with Gasteiger partial charge in [-0.2, -0.15) is 22.6 Å². The van der Waals surface area contributed by atoms with E-state index in [0.29, 0.717) is 29.9 Å². The van der Waals surface area contributed by atoms with Crippen LogP contribution in [0.15, 0.2) is 6.33 Å². The van der Waals surface area contributed by atoms with Crippen molar-refractivity contribution in [3.8, 4) is 0 Å². The van der Waals surface area contributed by atoms with E-state index in [4.69, 9.17) is 11.6 Å². The van der Waals surface area contributed by atoms with Crippen molar-refractivity contribution in [3.05, 3.63) is 11.6 Å². The number of carbonyl (C=O) groups excluding carboxylic acids is 1. The number of halogens is 1. The minimum absolute atomic E-state index is 0.0179. The minimum atomic E-state index is -0.0179. The number of hydrogen-bond acceptors (Lipinski definition) is 5. The number of H-pyrrole nitrogens is 1. The van der Waals surface area contributed by atoms with E-state index in [9.17, 15) is 4.79 Å². The highest BCUT2D eigenvalue weighted by atomic mass is 35.5. The summed E-state index contributed by atoms with van der Waals surface area (Å²) in [5.74, 6) is 0.453. The molecule has 8 heteroatoms. The number of amides is 1. The number of rotatable bonds is 1. The second kappa shape index (κ2) is 3.85. The number of nitrogens with zero attached hydrogens (tertiary/aromatic N) is 4. The molecule has 17 heavy (non-hydrogen) atoms. The Bertz CT molecular complexity index is 600. The number of fused-ring (bicyclic) bond motifs is 1. The lowest BCUT2D eigenvalue weighted by atomic mass is 10.4. The van der Waals surface area contributed by atoms with Gasteiger partial charge in [0, 0.05) is 18.2 Å². The summed E-state index contributed by atoms with van der Waals surface area (Å²) in [7, 11) is 0. The predicted octanol–water partition coefficient (Wildman–Crippen LogP) is 1.04. The fraction of sp³-hybridized carbons (Fsp3) is 0.333. The molecule has 3 heterocycles. The van der Waals surface area contributed by atoms with Gasteiger partial charge in [0.2, 0.25) is 11.2 Å². The first-order chi connectivity index (χ1) is 8.15. The minimum Gasteiger partial charge on any atom is -0.340 e. The Morgan fingerprint density at radius 3 is 3.06 bits per heavy atom. The maximum Gasteiger partial charge on any atom is 0.229 e. The molecule has 0 radical (unpaired) electrons. The molecule has 1 N–H and O–H groups in total. The third kappa shape index (κ3) is 1.75. The van der Waals surface area contributed by atoms with Crippen molar-refractivity contribution < 1.29 is 4.79 Å². The highest BCUT2D eigenvalue weighted by Gasteiger charge is 2.31. The van der Waals surface area contributed by atoms with Gasteiger partial charge in [-0.1, -0.05) is 0 Å². The molecule has 1 aliphatic rings. The van der Waals surface area contributed by atoms with Crippen molar-refractivity contribution in [2.45, 2.75) is 11.7 Å². The van der Waals surface area contributed by atoms with Crippen molar-refractivity contribution in [1.82, 2.24) is 19.9 Å². The van der Waals surface area contributed by atoms with Crippen molar-refractivity contribution in [2.24, 2.45) is 0 Å². The molecule has 2 aromatic heterocycles. The molecule has 1 aliphatic heterocycles. The van der Waals surface area contributed by atoms with Gasteiger partial charge < -0.3 is 4.98 Å². The monoisotopic (exact) mass is 269 g/mol. The molecule has 0 saturated carbocycles. The van der Waals surface area contributed by atoms with Crippen LogP contribution in [0.4, 0.5) is 5.82 Å². The van der Waals surface area contributed by atoms with E-state index in [1.165, 1.54) is 6.33 Å². The number of hydrogen-bond donors (Lipinski definition) is 2. The molecule has 1 fully saturated rings. The normalized spacial score (nSPS) is 20.5. The van der Waals surface area contributed by atoms with Gasteiger partial charge in [0.05, 0.1) is 6.33 Å². The van der Waals surface area contributed by atoms with E-state index >= 15 is 0 Å². The van der Waals surface area contributed by atoms with Gasteiger partial charge in [-0.05, 0) is 11.6 Å². The van der Waals surface area contributed by atoms with E-state index in [0.717, 1.165) is 0 Å². The number of aromatic amines is 1. The van der Waals surface area contributed by atoms with Crippen molar-refractivity contribution in [3.63, 3.8) is 0 Å². The second-order valence-electron chi connectivity index (χ2n) is 3.78. The molecule has 0 aromatic carbocycles. The van der Waals surface area contributed by atoms with Crippen LogP contribution < -0.4 is 4.90 Å². The van der Waals surface area contributed by atoms with Crippen LogP contribution in [0.25, 0.3) is 11.2 Å². The van der Waals surface area contributed by atoms with E-state index in [1.807, 2.05) is 0 Å². The molecule has 1 amide bonds. The fourth-order valence-corrected chi connectivity index (χ4v) is 2.36. The average molecular weight is 270 g/mol. The Morgan fingerprint density at radius 2 is 2.35 bits per heavy atom. The fourth-order valence-electron chi connectivity index (χ4n) is 1.88. The number of anilines is 1. The van der Waals surface area contributed by atoms with Crippen LogP contribution in [-0.2, 0) is 4.79 Å². The molecular formula is C9H8ClN5OS. The molecule has 0 bridgehead atoms. The van der Waals surface area contributed by atoms with Gasteiger partial charge in [-0.25, -0.2) is 4.98 Å². The maximum absolute atomic E-state index is 11.8. The molecule has 3 rings (SSSR count). The molecule has 2 aromatic rings. The second-order valence-corrected chi connectivity index (χ2v) is 4.85. The zero-order valence-electron chi connectivity index (χ0n) is 8.59. The summed E-state index contributed by atoms with van der Waals surface area (Å²) >= 11 is 10.1. The third-order valence-electron chi connectivity index (χ3n) is 2.60. The number of thiol groups is 1. The molecule has 6 nitrogen and oxygen atoms in total. The number of imidazole rings is 1. The van der Waals surface area contributed by atoms with Gasteiger partial charge in [-0.3, -0.25) is 9.69 Å². The van der Waals surface area contributed by atoms with E-state index < -0.39 is 0 Å². The summed E-state index contributed by atoms with van der Waals surface area (Å²) in [5, 5.41) is 0.101. The lowest BCUT2D eigenvalue weighted by Crippen LogP contribution is -2.26. The Balaban J connectivity index is 2.16. The SMILES string of the molecule is O=C1CC(S)CN1c1nc(Cl)nc2nc[nH]c12. The van der Waals surface area contributed by atoms with Crippen LogP contribution in [0.5, 0.6) is 0 Å². The summed E-state index contributed by atoms with van der Waals surface area (Å²) in [6.07, 6.45) is 1.90. The first kappa shape index (κ1) is 10.8. The van der Waals surface area contributed by atoms with E-state index in [1.54, 1.807) is 4.90 Å². The summed E-state index contributed by atoms with van der Waals surface area (Å²) in [5.41, 5.74) is 1.07. The molecule has 88 valence electrons.